The molecule has 5 nitrogen and oxygen atoms in total. The summed E-state index contributed by atoms with van der Waals surface area (Å²) in [6, 6.07) is 11.2. The molecule has 27 heavy (non-hydrogen) atoms. The highest BCUT2D eigenvalue weighted by atomic mass is 19.1. The van der Waals surface area contributed by atoms with Gasteiger partial charge in [0, 0.05) is 35.9 Å². The Morgan fingerprint density at radius 1 is 1.19 bits per heavy atom. The van der Waals surface area contributed by atoms with Gasteiger partial charge >= 0.3 is 0 Å². The quantitative estimate of drug-likeness (QED) is 0.579. The number of imidazole rings is 1. The highest BCUT2D eigenvalue weighted by Gasteiger charge is 2.24. The van der Waals surface area contributed by atoms with Gasteiger partial charge in [0.05, 0.1) is 0 Å². The van der Waals surface area contributed by atoms with Crippen molar-refractivity contribution >= 4 is 16.8 Å². The molecule has 0 aliphatic rings. The van der Waals surface area contributed by atoms with Crippen LogP contribution in [0.3, 0.4) is 0 Å². The number of nitrogens with zero attached hydrogens (tertiary/aromatic N) is 2. The van der Waals surface area contributed by atoms with Gasteiger partial charge in [0.2, 0.25) is 0 Å². The molecule has 0 aliphatic heterocycles. The maximum Gasteiger partial charge on any atom is 0.268 e. The van der Waals surface area contributed by atoms with Gasteiger partial charge in [-0.25, -0.2) is 13.8 Å². The van der Waals surface area contributed by atoms with Gasteiger partial charge in [-0.05, 0) is 30.3 Å². The number of fused-ring (bicyclic) bond motifs is 1. The van der Waals surface area contributed by atoms with Gasteiger partial charge in [0.1, 0.15) is 29.2 Å². The largest absolute Gasteiger partial charge is 0.351 e. The standard InChI is InChI=1S/C20H16F2N4O/c1-26-9-8-23-19(26)18(14-4-2-3-5-15(14)22)25-20(27)17-11-12-10-13(21)6-7-16(12)24-17/h2-11,18,24H,1H3,(H,25,27)/t18-/m0/s1. The van der Waals surface area contributed by atoms with Crippen molar-refractivity contribution in [1.29, 1.82) is 0 Å². The molecule has 2 aromatic carbocycles. The smallest absolute Gasteiger partial charge is 0.268 e. The van der Waals surface area contributed by atoms with Crippen molar-refractivity contribution in [1.82, 2.24) is 19.9 Å². The number of hydrogen-bond donors (Lipinski definition) is 2. The normalized spacial score (nSPS) is 12.3. The van der Waals surface area contributed by atoms with Crippen molar-refractivity contribution in [2.75, 3.05) is 0 Å². The minimum absolute atomic E-state index is 0.256. The first kappa shape index (κ1) is 17.0. The molecule has 4 aromatic rings. The number of carbonyl (C=O) groups excluding carboxylic acids is 1. The third-order valence-corrected chi connectivity index (χ3v) is 4.44. The van der Waals surface area contributed by atoms with E-state index >= 15 is 0 Å². The topological polar surface area (TPSA) is 62.7 Å². The van der Waals surface area contributed by atoms with E-state index in [1.807, 2.05) is 0 Å². The molecule has 1 atom stereocenters. The van der Waals surface area contributed by atoms with Crippen LogP contribution >= 0.6 is 0 Å². The highest BCUT2D eigenvalue weighted by molar-refractivity contribution is 5.98. The van der Waals surface area contributed by atoms with Crippen LogP contribution in [0.25, 0.3) is 10.9 Å². The van der Waals surface area contributed by atoms with Crippen molar-refractivity contribution in [2.45, 2.75) is 6.04 Å². The van der Waals surface area contributed by atoms with E-state index in [4.69, 9.17) is 0 Å². The second kappa shape index (κ2) is 6.68. The monoisotopic (exact) mass is 366 g/mol. The van der Waals surface area contributed by atoms with Crippen LogP contribution in [0.5, 0.6) is 0 Å². The summed E-state index contributed by atoms with van der Waals surface area (Å²) in [6.07, 6.45) is 3.31. The molecule has 136 valence electrons. The summed E-state index contributed by atoms with van der Waals surface area (Å²) in [6.45, 7) is 0. The van der Waals surface area contributed by atoms with Crippen LogP contribution in [0.1, 0.15) is 27.9 Å². The van der Waals surface area contributed by atoms with Crippen LogP contribution in [-0.2, 0) is 7.05 Å². The Labute approximate surface area is 153 Å². The van der Waals surface area contributed by atoms with Crippen LogP contribution in [0.2, 0.25) is 0 Å². The lowest BCUT2D eigenvalue weighted by atomic mass is 10.1. The van der Waals surface area contributed by atoms with E-state index in [-0.39, 0.29) is 11.5 Å². The third kappa shape index (κ3) is 3.19. The minimum atomic E-state index is -0.776. The van der Waals surface area contributed by atoms with Crippen molar-refractivity contribution in [2.24, 2.45) is 7.05 Å². The first-order valence-corrected chi connectivity index (χ1v) is 8.34. The number of aromatic nitrogens is 3. The van der Waals surface area contributed by atoms with E-state index in [9.17, 15) is 13.6 Å². The van der Waals surface area contributed by atoms with Gasteiger partial charge in [-0.2, -0.15) is 0 Å². The van der Waals surface area contributed by atoms with Crippen molar-refractivity contribution in [3.63, 3.8) is 0 Å². The number of halogens is 2. The van der Waals surface area contributed by atoms with E-state index < -0.39 is 17.8 Å². The molecule has 0 bridgehead atoms. The van der Waals surface area contributed by atoms with Crippen molar-refractivity contribution in [3.05, 3.63) is 89.6 Å². The Bertz CT molecular complexity index is 1130. The number of aromatic amines is 1. The number of rotatable bonds is 4. The average molecular weight is 366 g/mol. The van der Waals surface area contributed by atoms with Crippen LogP contribution in [0.15, 0.2) is 60.9 Å². The summed E-state index contributed by atoms with van der Waals surface area (Å²) < 4.78 is 29.5. The van der Waals surface area contributed by atoms with Gasteiger partial charge in [-0.3, -0.25) is 4.79 Å². The summed E-state index contributed by atoms with van der Waals surface area (Å²) in [4.78, 5) is 20.0. The molecule has 2 heterocycles. The number of amides is 1. The molecule has 4 rings (SSSR count). The van der Waals surface area contributed by atoms with Gasteiger partial charge in [-0.15, -0.1) is 0 Å². The Kier molecular flexibility index (Phi) is 4.19. The van der Waals surface area contributed by atoms with Crippen molar-refractivity contribution in [3.8, 4) is 0 Å². The lowest BCUT2D eigenvalue weighted by Crippen LogP contribution is -2.31. The van der Waals surface area contributed by atoms with Gasteiger partial charge in [-0.1, -0.05) is 18.2 Å². The first-order chi connectivity index (χ1) is 13.0. The Balaban J connectivity index is 1.71. The maximum atomic E-state index is 14.4. The number of nitrogens with one attached hydrogen (secondary N) is 2. The molecule has 0 saturated heterocycles. The Morgan fingerprint density at radius 3 is 2.74 bits per heavy atom. The van der Waals surface area contributed by atoms with Crippen LogP contribution in [0, 0.1) is 11.6 Å². The Hall–Kier alpha value is -3.48. The fourth-order valence-electron chi connectivity index (χ4n) is 3.08. The fraction of sp³-hybridized carbons (Fsp3) is 0.100. The molecule has 0 radical (unpaired) electrons. The van der Waals surface area contributed by atoms with Crippen LogP contribution < -0.4 is 5.32 Å². The second-order valence-corrected chi connectivity index (χ2v) is 6.24. The molecule has 0 saturated carbocycles. The van der Waals surface area contributed by atoms with Gasteiger partial charge < -0.3 is 14.9 Å². The van der Waals surface area contributed by atoms with Crippen LogP contribution in [-0.4, -0.2) is 20.4 Å². The third-order valence-electron chi connectivity index (χ3n) is 4.44. The second-order valence-electron chi connectivity index (χ2n) is 6.24. The predicted octanol–water partition coefficient (Wildman–Crippen LogP) is 3.70. The molecular weight excluding hydrogens is 350 g/mol. The van der Waals surface area contributed by atoms with E-state index in [1.165, 1.54) is 18.2 Å². The summed E-state index contributed by atoms with van der Waals surface area (Å²) in [5.41, 5.74) is 1.20. The maximum absolute atomic E-state index is 14.4. The number of aryl methyl sites for hydroxylation is 1. The minimum Gasteiger partial charge on any atom is -0.351 e. The zero-order valence-electron chi connectivity index (χ0n) is 14.4. The molecule has 0 aliphatic carbocycles. The van der Waals surface area contributed by atoms with E-state index in [1.54, 1.807) is 54.3 Å². The molecular formula is C20H16F2N4O. The lowest BCUT2D eigenvalue weighted by molar-refractivity contribution is 0.0936. The predicted molar refractivity (Wildman–Crippen MR) is 97.2 cm³/mol. The van der Waals surface area contributed by atoms with Gasteiger partial charge in [0.15, 0.2) is 0 Å². The number of H-pyrrole nitrogens is 1. The molecule has 0 unspecified atom stereocenters. The zero-order valence-corrected chi connectivity index (χ0v) is 14.4. The molecule has 0 spiro atoms. The Morgan fingerprint density at radius 2 is 2.00 bits per heavy atom. The summed E-state index contributed by atoms with van der Waals surface area (Å²) in [7, 11) is 1.77. The summed E-state index contributed by atoms with van der Waals surface area (Å²) in [5.74, 6) is -0.770. The van der Waals surface area contributed by atoms with E-state index in [0.29, 0.717) is 22.3 Å². The first-order valence-electron chi connectivity index (χ1n) is 8.34. The SMILES string of the molecule is Cn1ccnc1[C@@H](NC(=O)c1cc2cc(F)ccc2[nH]1)c1ccccc1F. The molecule has 2 N–H and O–H groups in total. The van der Waals surface area contributed by atoms with Crippen molar-refractivity contribution < 1.29 is 13.6 Å². The van der Waals surface area contributed by atoms with Gasteiger partial charge in [0.25, 0.3) is 5.91 Å². The zero-order chi connectivity index (χ0) is 19.0. The average Bonchev–Trinajstić information content (AvgIpc) is 3.26. The molecule has 1 amide bonds. The number of carbonyl (C=O) groups is 1. The summed E-state index contributed by atoms with van der Waals surface area (Å²) >= 11 is 0. The number of benzene rings is 2. The molecule has 7 heteroatoms. The highest BCUT2D eigenvalue weighted by Crippen LogP contribution is 2.24. The summed E-state index contributed by atoms with van der Waals surface area (Å²) in [5, 5.41) is 3.40. The van der Waals surface area contributed by atoms with E-state index in [0.717, 1.165) is 0 Å². The number of hydrogen-bond acceptors (Lipinski definition) is 2. The molecule has 2 aromatic heterocycles. The van der Waals surface area contributed by atoms with E-state index in [2.05, 4.69) is 15.3 Å². The fourth-order valence-corrected chi connectivity index (χ4v) is 3.08. The lowest BCUT2D eigenvalue weighted by Gasteiger charge is -2.19. The molecule has 0 fully saturated rings. The van der Waals surface area contributed by atoms with Crippen LogP contribution in [0.4, 0.5) is 8.78 Å².